The van der Waals surface area contributed by atoms with E-state index in [-0.39, 0.29) is 5.41 Å². The molecule has 0 radical (unpaired) electrons. The predicted octanol–water partition coefficient (Wildman–Crippen LogP) is 14.6. The van der Waals surface area contributed by atoms with Crippen molar-refractivity contribution in [3.05, 3.63) is 211 Å². The van der Waals surface area contributed by atoms with Gasteiger partial charge < -0.3 is 0 Å². The number of aromatic nitrogens is 3. The Morgan fingerprint density at radius 2 is 1.02 bits per heavy atom. The molecule has 1 saturated carbocycles. The molecule has 62 heavy (non-hydrogen) atoms. The van der Waals surface area contributed by atoms with Crippen molar-refractivity contribution in [1.29, 1.82) is 5.26 Å². The van der Waals surface area contributed by atoms with Gasteiger partial charge in [0.2, 0.25) is 0 Å². The van der Waals surface area contributed by atoms with Crippen LogP contribution in [0.25, 0.3) is 89.5 Å². The number of nitrogens with zero attached hydrogens (tertiary/aromatic N) is 4. The molecule has 0 aliphatic heterocycles. The minimum Gasteiger partial charge on any atom is -0.264 e. The summed E-state index contributed by atoms with van der Waals surface area (Å²) in [6, 6.07) is 67.0. The van der Waals surface area contributed by atoms with E-state index >= 15 is 0 Å². The molecule has 4 nitrogen and oxygen atoms in total. The fourth-order valence-corrected chi connectivity index (χ4v) is 9.96. The Kier molecular flexibility index (Phi) is 9.44. The molecule has 9 aromatic rings. The van der Waals surface area contributed by atoms with Crippen molar-refractivity contribution in [2.75, 3.05) is 0 Å². The molecule has 2 heterocycles. The van der Waals surface area contributed by atoms with Crippen LogP contribution < -0.4 is 0 Å². The fourth-order valence-electron chi connectivity index (χ4n) is 9.96. The van der Waals surface area contributed by atoms with Crippen LogP contribution in [0.5, 0.6) is 0 Å². The molecule has 2 aliphatic carbocycles. The van der Waals surface area contributed by atoms with E-state index in [2.05, 4.69) is 163 Å². The first-order valence-electron chi connectivity index (χ1n) is 21.6. The molecule has 2 aliphatic rings. The first-order chi connectivity index (χ1) is 30.6. The first-order valence-corrected chi connectivity index (χ1v) is 21.6. The maximum absolute atomic E-state index is 9.88. The monoisotopic (exact) mass is 794 g/mol. The average Bonchev–Trinajstić information content (AvgIpc) is 3.62. The third-order valence-corrected chi connectivity index (χ3v) is 13.0. The standard InChI is InChI=1S/C58H42N4/c59-37-39-20-29-52-51(33-39)56-50(18-9-19-53(56)58(52)30-5-2-6-31-58)42-25-21-40(22-26-42)45-13-7-14-46(34-45)47-15-8-16-48(35-47)55-36-54(61-57(62-55)44-11-3-1-4-12-44)43-27-23-41(24-28-43)49-17-10-32-60-38-49/h1,3-4,7-29,32-36,38H,2,5-6,30-31H2. The molecule has 4 heteroatoms. The van der Waals surface area contributed by atoms with Crippen LogP contribution in [0.1, 0.15) is 48.8 Å². The maximum atomic E-state index is 9.88. The SMILES string of the molecule is N#Cc1ccc2c(c1)-c1c(-c3ccc(-c4cccc(-c5cccc(-c6cc(-c7ccc(-c8cccnc8)cc7)nc(-c7ccccc7)n6)c5)c4)cc3)cccc1C21CCCCC1. The molecule has 1 fully saturated rings. The highest BCUT2D eigenvalue weighted by Gasteiger charge is 2.44. The van der Waals surface area contributed by atoms with Gasteiger partial charge in [0.1, 0.15) is 0 Å². The number of hydrogen-bond acceptors (Lipinski definition) is 4. The van der Waals surface area contributed by atoms with Gasteiger partial charge in [-0.05, 0) is 116 Å². The highest BCUT2D eigenvalue weighted by Crippen LogP contribution is 2.58. The number of rotatable bonds is 7. The Morgan fingerprint density at radius 3 is 1.73 bits per heavy atom. The average molecular weight is 795 g/mol. The van der Waals surface area contributed by atoms with Crippen LogP contribution in [0.4, 0.5) is 0 Å². The smallest absolute Gasteiger partial charge is 0.160 e. The molecule has 0 unspecified atom stereocenters. The van der Waals surface area contributed by atoms with E-state index in [9.17, 15) is 5.26 Å². The minimum atomic E-state index is 0.0396. The van der Waals surface area contributed by atoms with Gasteiger partial charge in [-0.25, -0.2) is 9.97 Å². The van der Waals surface area contributed by atoms with Crippen LogP contribution in [0, 0.1) is 11.3 Å². The van der Waals surface area contributed by atoms with Crippen LogP contribution in [-0.2, 0) is 5.41 Å². The molecule has 0 bridgehead atoms. The molecule has 7 aromatic carbocycles. The van der Waals surface area contributed by atoms with Crippen LogP contribution >= 0.6 is 0 Å². The van der Waals surface area contributed by atoms with Gasteiger partial charge in [0.15, 0.2) is 5.82 Å². The maximum Gasteiger partial charge on any atom is 0.160 e. The Labute approximate surface area is 362 Å². The van der Waals surface area contributed by atoms with Crippen LogP contribution in [0.15, 0.2) is 194 Å². The van der Waals surface area contributed by atoms with Crippen molar-refractivity contribution in [3.8, 4) is 95.6 Å². The second-order valence-corrected chi connectivity index (χ2v) is 16.6. The molecule has 1 spiro atoms. The van der Waals surface area contributed by atoms with Gasteiger partial charge in [-0.2, -0.15) is 5.26 Å². The summed E-state index contributed by atoms with van der Waals surface area (Å²) in [5.74, 6) is 0.690. The van der Waals surface area contributed by atoms with Gasteiger partial charge in [0, 0.05) is 34.5 Å². The number of benzene rings is 7. The number of pyridine rings is 1. The number of fused-ring (bicyclic) bond motifs is 5. The van der Waals surface area contributed by atoms with E-state index in [1.165, 1.54) is 52.6 Å². The highest BCUT2D eigenvalue weighted by molar-refractivity contribution is 5.93. The van der Waals surface area contributed by atoms with Crippen LogP contribution in [0.3, 0.4) is 0 Å². The highest BCUT2D eigenvalue weighted by atomic mass is 14.9. The molecule has 0 atom stereocenters. The lowest BCUT2D eigenvalue weighted by Gasteiger charge is -2.36. The van der Waals surface area contributed by atoms with Crippen molar-refractivity contribution < 1.29 is 0 Å². The Morgan fingerprint density at radius 1 is 0.419 bits per heavy atom. The van der Waals surface area contributed by atoms with Crippen molar-refractivity contribution in [2.24, 2.45) is 0 Å². The third kappa shape index (κ3) is 6.69. The lowest BCUT2D eigenvalue weighted by Crippen LogP contribution is -2.28. The zero-order chi connectivity index (χ0) is 41.5. The fraction of sp³-hybridized carbons (Fsp3) is 0.103. The van der Waals surface area contributed by atoms with Crippen molar-refractivity contribution in [2.45, 2.75) is 37.5 Å². The van der Waals surface area contributed by atoms with Gasteiger partial charge in [-0.15, -0.1) is 0 Å². The van der Waals surface area contributed by atoms with E-state index < -0.39 is 0 Å². The summed E-state index contributed by atoms with van der Waals surface area (Å²) in [7, 11) is 0. The van der Waals surface area contributed by atoms with Gasteiger partial charge >= 0.3 is 0 Å². The second kappa shape index (κ2) is 15.7. The third-order valence-electron chi connectivity index (χ3n) is 13.0. The van der Waals surface area contributed by atoms with Gasteiger partial charge in [0.05, 0.1) is 23.0 Å². The Balaban J connectivity index is 0.918. The van der Waals surface area contributed by atoms with Crippen molar-refractivity contribution in [1.82, 2.24) is 15.0 Å². The molecule has 11 rings (SSSR count). The van der Waals surface area contributed by atoms with Gasteiger partial charge in [-0.1, -0.05) is 165 Å². The predicted molar refractivity (Wildman–Crippen MR) is 252 cm³/mol. The van der Waals surface area contributed by atoms with Crippen molar-refractivity contribution >= 4 is 0 Å². The second-order valence-electron chi connectivity index (χ2n) is 16.6. The topological polar surface area (TPSA) is 62.5 Å². The van der Waals surface area contributed by atoms with Gasteiger partial charge in [0.25, 0.3) is 0 Å². The van der Waals surface area contributed by atoms with E-state index in [0.717, 1.165) is 79.9 Å². The minimum absolute atomic E-state index is 0.0396. The molecular weight excluding hydrogens is 753 g/mol. The summed E-state index contributed by atoms with van der Waals surface area (Å²) in [5.41, 5.74) is 20.1. The molecule has 0 N–H and O–H groups in total. The summed E-state index contributed by atoms with van der Waals surface area (Å²) in [4.78, 5) is 14.5. The Bertz CT molecular complexity index is 3140. The number of hydrogen-bond donors (Lipinski definition) is 0. The summed E-state index contributed by atoms with van der Waals surface area (Å²) >= 11 is 0. The van der Waals surface area contributed by atoms with E-state index in [0.29, 0.717) is 5.82 Å². The van der Waals surface area contributed by atoms with Crippen molar-refractivity contribution in [3.63, 3.8) is 0 Å². The quantitative estimate of drug-likeness (QED) is 0.161. The van der Waals surface area contributed by atoms with Crippen LogP contribution in [0.2, 0.25) is 0 Å². The molecule has 2 aromatic heterocycles. The van der Waals surface area contributed by atoms with E-state index in [4.69, 9.17) is 9.97 Å². The van der Waals surface area contributed by atoms with E-state index in [1.54, 1.807) is 6.20 Å². The summed E-state index contributed by atoms with van der Waals surface area (Å²) < 4.78 is 0. The van der Waals surface area contributed by atoms with Crippen LogP contribution in [-0.4, -0.2) is 15.0 Å². The first kappa shape index (κ1) is 37.3. The lowest BCUT2D eigenvalue weighted by atomic mass is 9.67. The molecule has 0 saturated heterocycles. The summed E-state index contributed by atoms with van der Waals surface area (Å²) in [6.07, 6.45) is 9.78. The molecule has 294 valence electrons. The zero-order valence-corrected chi connectivity index (χ0v) is 34.3. The van der Waals surface area contributed by atoms with E-state index in [1.807, 2.05) is 36.5 Å². The number of nitriles is 1. The molecular formula is C58H42N4. The normalized spacial score (nSPS) is 13.6. The summed E-state index contributed by atoms with van der Waals surface area (Å²) in [6.45, 7) is 0. The van der Waals surface area contributed by atoms with Gasteiger partial charge in [-0.3, -0.25) is 4.98 Å². The zero-order valence-electron chi connectivity index (χ0n) is 34.3. The largest absolute Gasteiger partial charge is 0.264 e. The Hall–Kier alpha value is -7.74. The molecule has 0 amide bonds. The summed E-state index contributed by atoms with van der Waals surface area (Å²) in [5, 5.41) is 9.88. The lowest BCUT2D eigenvalue weighted by molar-refractivity contribution is 0.353.